The summed E-state index contributed by atoms with van der Waals surface area (Å²) >= 11 is 0. The number of amides is 1. The van der Waals surface area contributed by atoms with Crippen molar-refractivity contribution in [2.75, 3.05) is 5.75 Å². The van der Waals surface area contributed by atoms with Gasteiger partial charge in [0.15, 0.2) is 9.84 Å². The molecule has 2 aromatic carbocycles. The summed E-state index contributed by atoms with van der Waals surface area (Å²) < 4.78 is 31.6. The first-order valence-corrected chi connectivity index (χ1v) is 11.6. The van der Waals surface area contributed by atoms with Gasteiger partial charge in [-0.25, -0.2) is 13.2 Å². The van der Waals surface area contributed by atoms with Gasteiger partial charge in [0.25, 0.3) is 0 Å². The third-order valence-electron chi connectivity index (χ3n) is 5.14. The zero-order valence-electron chi connectivity index (χ0n) is 16.6. The number of fused-ring (bicyclic) bond motifs is 1. The highest BCUT2D eigenvalue weighted by Crippen LogP contribution is 2.30. The maximum Gasteiger partial charge on any atom is 0.414 e. The minimum atomic E-state index is -3.25. The maximum absolute atomic E-state index is 12.5. The van der Waals surface area contributed by atoms with Crippen molar-refractivity contribution >= 4 is 15.9 Å². The molecule has 1 amide bonds. The number of ether oxygens (including phenoxy) is 1. The highest BCUT2D eigenvalue weighted by Gasteiger charge is 2.31. The lowest BCUT2D eigenvalue weighted by molar-refractivity contribution is 0.194. The molecule has 0 radical (unpaired) electrons. The Balaban J connectivity index is 1.57. The molecule has 1 N–H and O–H groups in total. The summed E-state index contributed by atoms with van der Waals surface area (Å²) in [5, 5.41) is 7.21. The van der Waals surface area contributed by atoms with Crippen molar-refractivity contribution in [2.45, 2.75) is 31.7 Å². The molecule has 0 spiro atoms. The monoisotopic (exact) mass is 425 g/mol. The molecule has 7 nitrogen and oxygen atoms in total. The molecule has 2 heterocycles. The fraction of sp³-hybridized carbons (Fsp3) is 0.273. The average molecular weight is 426 g/mol. The number of carbonyl (C=O) groups excluding carboxylic acids is 1. The number of sulfone groups is 1. The van der Waals surface area contributed by atoms with Gasteiger partial charge in [-0.15, -0.1) is 5.10 Å². The van der Waals surface area contributed by atoms with Crippen LogP contribution >= 0.6 is 0 Å². The Morgan fingerprint density at radius 1 is 1.13 bits per heavy atom. The first-order valence-electron chi connectivity index (χ1n) is 9.77. The van der Waals surface area contributed by atoms with Gasteiger partial charge in [0, 0.05) is 12.1 Å². The smallest absolute Gasteiger partial charge is 0.389 e. The number of carbonyl (C=O) groups is 1. The minimum absolute atomic E-state index is 0.0574. The predicted octanol–water partition coefficient (Wildman–Crippen LogP) is 3.25. The van der Waals surface area contributed by atoms with Crippen molar-refractivity contribution in [3.63, 3.8) is 0 Å². The maximum atomic E-state index is 12.5. The Kier molecular flexibility index (Phi) is 5.59. The van der Waals surface area contributed by atoms with Crippen LogP contribution in [-0.2, 0) is 28.6 Å². The van der Waals surface area contributed by atoms with Crippen LogP contribution in [0.1, 0.15) is 35.3 Å². The van der Waals surface area contributed by atoms with Gasteiger partial charge >= 0.3 is 6.09 Å². The van der Waals surface area contributed by atoms with Crippen molar-refractivity contribution < 1.29 is 17.9 Å². The van der Waals surface area contributed by atoms with E-state index in [-0.39, 0.29) is 23.4 Å². The predicted molar refractivity (Wildman–Crippen MR) is 113 cm³/mol. The van der Waals surface area contributed by atoms with E-state index in [2.05, 4.69) is 10.4 Å². The number of benzene rings is 2. The van der Waals surface area contributed by atoms with Gasteiger partial charge in [0.1, 0.15) is 0 Å². The van der Waals surface area contributed by atoms with Crippen LogP contribution in [0, 0.1) is 0 Å². The average Bonchev–Trinajstić information content (AvgIpc) is 3.04. The van der Waals surface area contributed by atoms with Crippen LogP contribution in [0.25, 0.3) is 0 Å². The van der Waals surface area contributed by atoms with E-state index in [1.807, 2.05) is 67.6 Å². The molecule has 1 atom stereocenters. The van der Waals surface area contributed by atoms with Crippen molar-refractivity contribution in [3.05, 3.63) is 83.0 Å². The van der Waals surface area contributed by atoms with E-state index in [4.69, 9.17) is 4.74 Å². The normalized spacial score (nSPS) is 15.8. The largest absolute Gasteiger partial charge is 0.414 e. The summed E-state index contributed by atoms with van der Waals surface area (Å²) in [6.45, 7) is 2.33. The van der Waals surface area contributed by atoms with Gasteiger partial charge in [-0.05, 0) is 18.1 Å². The van der Waals surface area contributed by atoms with Crippen LogP contribution in [0.4, 0.5) is 4.79 Å². The van der Waals surface area contributed by atoms with E-state index in [0.29, 0.717) is 18.5 Å². The van der Waals surface area contributed by atoms with Gasteiger partial charge in [-0.2, -0.15) is 0 Å². The molecule has 0 unspecified atom stereocenters. The summed E-state index contributed by atoms with van der Waals surface area (Å²) in [5.41, 5.74) is 3.24. The van der Waals surface area contributed by atoms with Gasteiger partial charge in [-0.1, -0.05) is 60.7 Å². The lowest BCUT2D eigenvalue weighted by atomic mass is 10.1. The standard InChI is InChI=1S/C22H23N3O4S/c1-16(18-10-6-3-7-11-18)23-22(26)29-21-19-15-30(27,28)13-12-20(19)25(24-21)14-17-8-4-2-5-9-17/h2-11,16H,12-15H2,1H3,(H,23,26)/t16-/m1/s1. The summed E-state index contributed by atoms with van der Waals surface area (Å²) in [7, 11) is -3.25. The molecule has 4 rings (SSSR count). The van der Waals surface area contributed by atoms with E-state index < -0.39 is 15.9 Å². The zero-order chi connectivity index (χ0) is 21.1. The van der Waals surface area contributed by atoms with Crippen molar-refractivity contribution in [1.82, 2.24) is 15.1 Å². The lowest BCUT2D eigenvalue weighted by Gasteiger charge is -2.15. The minimum Gasteiger partial charge on any atom is -0.389 e. The van der Waals surface area contributed by atoms with Gasteiger partial charge in [0.2, 0.25) is 5.88 Å². The third-order valence-corrected chi connectivity index (χ3v) is 6.70. The van der Waals surface area contributed by atoms with Crippen molar-refractivity contribution in [1.29, 1.82) is 0 Å². The zero-order valence-corrected chi connectivity index (χ0v) is 17.4. The van der Waals surface area contributed by atoms with Crippen LogP contribution in [0.15, 0.2) is 60.7 Å². The second-order valence-corrected chi connectivity index (χ2v) is 9.57. The Hall–Kier alpha value is -3.13. The molecule has 0 fully saturated rings. The number of hydrogen-bond acceptors (Lipinski definition) is 5. The number of aromatic nitrogens is 2. The Morgan fingerprint density at radius 2 is 1.80 bits per heavy atom. The molecular formula is C22H23N3O4S. The van der Waals surface area contributed by atoms with E-state index in [0.717, 1.165) is 16.8 Å². The van der Waals surface area contributed by atoms with E-state index in [9.17, 15) is 13.2 Å². The highest BCUT2D eigenvalue weighted by atomic mass is 32.2. The Labute approximate surface area is 175 Å². The van der Waals surface area contributed by atoms with E-state index in [1.165, 1.54) is 0 Å². The van der Waals surface area contributed by atoms with E-state index in [1.54, 1.807) is 4.68 Å². The quantitative estimate of drug-likeness (QED) is 0.678. The Bertz CT molecular complexity index is 1140. The summed E-state index contributed by atoms with van der Waals surface area (Å²) in [6.07, 6.45) is -0.315. The SMILES string of the molecule is C[C@@H](NC(=O)Oc1nn(Cc2ccccc2)c2c1CS(=O)(=O)CC2)c1ccccc1. The Morgan fingerprint density at radius 3 is 2.50 bits per heavy atom. The molecule has 30 heavy (non-hydrogen) atoms. The molecule has 1 aliphatic heterocycles. The summed E-state index contributed by atoms with van der Waals surface area (Å²) in [4.78, 5) is 12.5. The summed E-state index contributed by atoms with van der Waals surface area (Å²) in [5.74, 6) is -0.0486. The molecule has 0 saturated carbocycles. The van der Waals surface area contributed by atoms with Gasteiger partial charge < -0.3 is 10.1 Å². The highest BCUT2D eigenvalue weighted by molar-refractivity contribution is 7.90. The first-order chi connectivity index (χ1) is 14.4. The molecule has 1 aliphatic rings. The van der Waals surface area contributed by atoms with Crippen LogP contribution in [0.3, 0.4) is 0 Å². The summed E-state index contributed by atoms with van der Waals surface area (Å²) in [6, 6.07) is 19.0. The first kappa shape index (κ1) is 20.2. The van der Waals surface area contributed by atoms with Crippen LogP contribution < -0.4 is 10.1 Å². The van der Waals surface area contributed by atoms with Crippen molar-refractivity contribution in [3.8, 4) is 5.88 Å². The number of nitrogens with zero attached hydrogens (tertiary/aromatic N) is 2. The van der Waals surface area contributed by atoms with Gasteiger partial charge in [-0.3, -0.25) is 4.68 Å². The molecule has 0 aliphatic carbocycles. The molecule has 8 heteroatoms. The second kappa shape index (κ2) is 8.31. The molecule has 3 aromatic rings. The molecule has 0 bridgehead atoms. The number of hydrogen-bond donors (Lipinski definition) is 1. The van der Waals surface area contributed by atoms with Crippen LogP contribution in [0.5, 0.6) is 5.88 Å². The van der Waals surface area contributed by atoms with Crippen LogP contribution in [0.2, 0.25) is 0 Å². The lowest BCUT2D eigenvalue weighted by Crippen LogP contribution is -2.30. The molecule has 156 valence electrons. The molecular weight excluding hydrogens is 402 g/mol. The van der Waals surface area contributed by atoms with E-state index >= 15 is 0 Å². The van der Waals surface area contributed by atoms with Crippen LogP contribution in [-0.4, -0.2) is 30.0 Å². The molecule has 0 saturated heterocycles. The fourth-order valence-electron chi connectivity index (χ4n) is 3.57. The van der Waals surface area contributed by atoms with Gasteiger partial charge in [0.05, 0.1) is 29.7 Å². The topological polar surface area (TPSA) is 90.3 Å². The fourth-order valence-corrected chi connectivity index (χ4v) is 4.95. The second-order valence-electron chi connectivity index (χ2n) is 7.38. The number of rotatable bonds is 5. The molecule has 1 aromatic heterocycles. The van der Waals surface area contributed by atoms with Crippen molar-refractivity contribution in [2.24, 2.45) is 0 Å². The number of nitrogens with one attached hydrogen (secondary N) is 1. The third kappa shape index (κ3) is 4.54.